The molecule has 7 heteroatoms. The molecule has 0 unspecified atom stereocenters. The number of ether oxygens (including phenoxy) is 1. The van der Waals surface area contributed by atoms with Gasteiger partial charge in [-0.15, -0.1) is 0 Å². The molecule has 3 amide bonds. The van der Waals surface area contributed by atoms with Crippen molar-refractivity contribution in [3.05, 3.63) is 95.6 Å². The topological polar surface area (TPSA) is 84.0 Å². The Kier molecular flexibility index (Phi) is 5.32. The van der Waals surface area contributed by atoms with Gasteiger partial charge in [0.2, 0.25) is 0 Å². The van der Waals surface area contributed by atoms with E-state index in [1.807, 2.05) is 6.07 Å². The third kappa shape index (κ3) is 3.81. The summed E-state index contributed by atoms with van der Waals surface area (Å²) >= 11 is 0. The van der Waals surface area contributed by atoms with Crippen LogP contribution in [-0.2, 0) is 9.53 Å². The number of hydrogen-bond donors (Lipinski definition) is 0. The smallest absolute Gasteiger partial charge is 0.338 e. The standard InChI is InChI=1S/C24H18N2O5/c1-25(17-7-3-2-4-8-17)21(27)15-31-24(30)16-11-13-18(14-12-16)26-22(28)19-9-5-6-10-20(19)23(26)29/h2-14H,15H2,1H3. The quantitative estimate of drug-likeness (QED) is 0.472. The van der Waals surface area contributed by atoms with E-state index in [9.17, 15) is 19.2 Å². The molecule has 3 aromatic carbocycles. The van der Waals surface area contributed by atoms with Crippen LogP contribution in [0.25, 0.3) is 0 Å². The Balaban J connectivity index is 1.41. The first kappa shape index (κ1) is 20.0. The number of imide groups is 1. The fourth-order valence-electron chi connectivity index (χ4n) is 3.27. The molecule has 0 aliphatic carbocycles. The van der Waals surface area contributed by atoms with Crippen molar-refractivity contribution in [3.63, 3.8) is 0 Å². The van der Waals surface area contributed by atoms with Crippen LogP contribution in [0.4, 0.5) is 11.4 Å². The molecule has 0 saturated heterocycles. The number of esters is 1. The average Bonchev–Trinajstić information content (AvgIpc) is 3.07. The second-order valence-electron chi connectivity index (χ2n) is 6.90. The van der Waals surface area contributed by atoms with Crippen LogP contribution in [0.3, 0.4) is 0 Å². The number of carbonyl (C=O) groups is 4. The highest BCUT2D eigenvalue weighted by atomic mass is 16.5. The zero-order valence-electron chi connectivity index (χ0n) is 16.6. The number of rotatable bonds is 5. The molecule has 0 aromatic heterocycles. The molecule has 1 aliphatic heterocycles. The van der Waals surface area contributed by atoms with Crippen molar-refractivity contribution in [1.29, 1.82) is 0 Å². The lowest BCUT2D eigenvalue weighted by Gasteiger charge is -2.17. The lowest BCUT2D eigenvalue weighted by atomic mass is 10.1. The molecule has 4 rings (SSSR count). The molecule has 31 heavy (non-hydrogen) atoms. The predicted molar refractivity (Wildman–Crippen MR) is 114 cm³/mol. The molecule has 0 radical (unpaired) electrons. The number of amides is 3. The van der Waals surface area contributed by atoms with Gasteiger partial charge in [0.15, 0.2) is 6.61 Å². The van der Waals surface area contributed by atoms with E-state index in [1.165, 1.54) is 29.2 Å². The third-order valence-corrected chi connectivity index (χ3v) is 5.00. The van der Waals surface area contributed by atoms with Crippen molar-refractivity contribution < 1.29 is 23.9 Å². The molecule has 0 atom stereocenters. The van der Waals surface area contributed by atoms with E-state index in [2.05, 4.69) is 0 Å². The first-order valence-electron chi connectivity index (χ1n) is 9.54. The van der Waals surface area contributed by atoms with Gasteiger partial charge in [0.25, 0.3) is 17.7 Å². The lowest BCUT2D eigenvalue weighted by molar-refractivity contribution is -0.121. The van der Waals surface area contributed by atoms with Gasteiger partial charge >= 0.3 is 5.97 Å². The Hall–Kier alpha value is -4.26. The summed E-state index contributed by atoms with van der Waals surface area (Å²) in [5.74, 6) is -1.87. The van der Waals surface area contributed by atoms with Gasteiger partial charge in [-0.3, -0.25) is 14.4 Å². The number of anilines is 2. The van der Waals surface area contributed by atoms with Crippen molar-refractivity contribution in [2.75, 3.05) is 23.5 Å². The van der Waals surface area contributed by atoms with Crippen molar-refractivity contribution in [2.45, 2.75) is 0 Å². The number of carbonyl (C=O) groups excluding carboxylic acids is 4. The SMILES string of the molecule is CN(C(=O)COC(=O)c1ccc(N2C(=O)c3ccccc3C2=O)cc1)c1ccccc1. The summed E-state index contributed by atoms with van der Waals surface area (Å²) in [6, 6.07) is 21.5. The average molecular weight is 414 g/mol. The number of fused-ring (bicyclic) bond motifs is 1. The Morgan fingerprint density at radius 3 is 1.94 bits per heavy atom. The van der Waals surface area contributed by atoms with Crippen LogP contribution in [0, 0.1) is 0 Å². The van der Waals surface area contributed by atoms with Gasteiger partial charge in [0.05, 0.1) is 22.4 Å². The Morgan fingerprint density at radius 2 is 1.35 bits per heavy atom. The van der Waals surface area contributed by atoms with Crippen LogP contribution >= 0.6 is 0 Å². The van der Waals surface area contributed by atoms with E-state index in [1.54, 1.807) is 55.6 Å². The van der Waals surface area contributed by atoms with Gasteiger partial charge in [-0.25, -0.2) is 9.69 Å². The number of likely N-dealkylation sites (N-methyl/N-ethyl adjacent to an activating group) is 1. The molecule has 0 saturated carbocycles. The van der Waals surface area contributed by atoms with Crippen LogP contribution in [0.15, 0.2) is 78.9 Å². The minimum atomic E-state index is -0.677. The fraction of sp³-hybridized carbons (Fsp3) is 0.0833. The molecule has 1 heterocycles. The van der Waals surface area contributed by atoms with Crippen molar-refractivity contribution in [2.24, 2.45) is 0 Å². The van der Waals surface area contributed by atoms with Crippen LogP contribution in [0.2, 0.25) is 0 Å². The molecule has 1 aliphatic rings. The number of para-hydroxylation sites is 1. The van der Waals surface area contributed by atoms with Crippen LogP contribution in [-0.4, -0.2) is 37.3 Å². The normalized spacial score (nSPS) is 12.5. The summed E-state index contributed by atoms with van der Waals surface area (Å²) in [5, 5.41) is 0. The van der Waals surface area contributed by atoms with Crippen molar-refractivity contribution >= 4 is 35.1 Å². The van der Waals surface area contributed by atoms with Gasteiger partial charge in [0.1, 0.15) is 0 Å². The van der Waals surface area contributed by atoms with E-state index in [4.69, 9.17) is 4.74 Å². The fourth-order valence-corrected chi connectivity index (χ4v) is 3.27. The molecule has 0 spiro atoms. The largest absolute Gasteiger partial charge is 0.452 e. The first-order chi connectivity index (χ1) is 15.0. The summed E-state index contributed by atoms with van der Waals surface area (Å²) in [5.41, 5.74) is 1.93. The third-order valence-electron chi connectivity index (χ3n) is 5.00. The Morgan fingerprint density at radius 1 is 0.806 bits per heavy atom. The van der Waals surface area contributed by atoms with Crippen LogP contribution in [0.5, 0.6) is 0 Å². The van der Waals surface area contributed by atoms with Gasteiger partial charge < -0.3 is 9.64 Å². The van der Waals surface area contributed by atoms with Gasteiger partial charge in [-0.1, -0.05) is 30.3 Å². The first-order valence-corrected chi connectivity index (χ1v) is 9.54. The molecule has 0 bridgehead atoms. The summed E-state index contributed by atoms with van der Waals surface area (Å²) in [6.45, 7) is -0.412. The maximum Gasteiger partial charge on any atom is 0.338 e. The molecular formula is C24H18N2O5. The zero-order chi connectivity index (χ0) is 22.0. The summed E-state index contributed by atoms with van der Waals surface area (Å²) < 4.78 is 5.11. The van der Waals surface area contributed by atoms with Crippen molar-refractivity contribution in [1.82, 2.24) is 0 Å². The molecule has 154 valence electrons. The Bertz CT molecular complexity index is 1140. The maximum absolute atomic E-state index is 12.6. The van der Waals surface area contributed by atoms with Crippen molar-refractivity contribution in [3.8, 4) is 0 Å². The molecule has 7 nitrogen and oxygen atoms in total. The number of hydrogen-bond acceptors (Lipinski definition) is 5. The highest BCUT2D eigenvalue weighted by Crippen LogP contribution is 2.28. The van der Waals surface area contributed by atoms with E-state index in [-0.39, 0.29) is 11.5 Å². The molecular weight excluding hydrogens is 396 g/mol. The minimum Gasteiger partial charge on any atom is -0.452 e. The summed E-state index contributed by atoms with van der Waals surface area (Å²) in [6.07, 6.45) is 0. The van der Waals surface area contributed by atoms with E-state index in [0.29, 0.717) is 22.5 Å². The summed E-state index contributed by atoms with van der Waals surface area (Å²) in [7, 11) is 1.60. The van der Waals surface area contributed by atoms with E-state index < -0.39 is 24.4 Å². The maximum atomic E-state index is 12.6. The Labute approximate surface area is 178 Å². The van der Waals surface area contributed by atoms with Crippen LogP contribution in [0.1, 0.15) is 31.1 Å². The lowest BCUT2D eigenvalue weighted by Crippen LogP contribution is -2.31. The molecule has 0 N–H and O–H groups in total. The highest BCUT2D eigenvalue weighted by molar-refractivity contribution is 6.34. The summed E-state index contributed by atoms with van der Waals surface area (Å²) in [4.78, 5) is 52.1. The van der Waals surface area contributed by atoms with Crippen LogP contribution < -0.4 is 9.80 Å². The number of nitrogens with zero attached hydrogens (tertiary/aromatic N) is 2. The van der Waals surface area contributed by atoms with Gasteiger partial charge in [0, 0.05) is 12.7 Å². The highest BCUT2D eigenvalue weighted by Gasteiger charge is 2.36. The van der Waals surface area contributed by atoms with E-state index in [0.717, 1.165) is 4.90 Å². The van der Waals surface area contributed by atoms with E-state index >= 15 is 0 Å². The number of benzene rings is 3. The second kappa shape index (κ2) is 8.23. The molecule has 3 aromatic rings. The zero-order valence-corrected chi connectivity index (χ0v) is 16.6. The second-order valence-corrected chi connectivity index (χ2v) is 6.90. The minimum absolute atomic E-state index is 0.204. The monoisotopic (exact) mass is 414 g/mol. The molecule has 0 fully saturated rings. The van der Waals surface area contributed by atoms with Gasteiger partial charge in [-0.05, 0) is 48.5 Å². The van der Waals surface area contributed by atoms with Gasteiger partial charge in [-0.2, -0.15) is 0 Å². The predicted octanol–water partition coefficient (Wildman–Crippen LogP) is 3.31.